The fraction of sp³-hybridized carbons (Fsp3) is 0.231. The molecule has 0 amide bonds. The highest BCUT2D eigenvalue weighted by Gasteiger charge is 2.09. The van der Waals surface area contributed by atoms with E-state index in [2.05, 4.69) is 66.7 Å². The van der Waals surface area contributed by atoms with Gasteiger partial charge in [-0.1, -0.05) is 42.5 Å². The van der Waals surface area contributed by atoms with Crippen LogP contribution < -0.4 is 0 Å². The largest absolute Gasteiger partial charge is 0.348 e. The van der Waals surface area contributed by atoms with Crippen molar-refractivity contribution >= 4 is 0 Å². The molecule has 2 rings (SSSR count). The number of hydrogen-bond donors (Lipinski definition) is 0. The zero-order valence-electron chi connectivity index (χ0n) is 8.43. The lowest BCUT2D eigenvalue weighted by Gasteiger charge is -2.26. The minimum absolute atomic E-state index is 0.420. The van der Waals surface area contributed by atoms with Crippen molar-refractivity contribution in [2.45, 2.75) is 19.4 Å². The first-order valence-electron chi connectivity index (χ1n) is 5.03. The fourth-order valence-corrected chi connectivity index (χ4v) is 1.66. The maximum atomic E-state index is 2.23. The molecule has 72 valence electrons. The highest BCUT2D eigenvalue weighted by atomic mass is 15.1. The van der Waals surface area contributed by atoms with Gasteiger partial charge in [0.1, 0.15) is 0 Å². The Kier molecular flexibility index (Phi) is 2.68. The van der Waals surface area contributed by atoms with Crippen LogP contribution in [0.5, 0.6) is 0 Å². The Hall–Kier alpha value is -1.50. The first-order chi connectivity index (χ1) is 6.88. The molecule has 1 aromatic rings. The van der Waals surface area contributed by atoms with E-state index in [9.17, 15) is 0 Å². The third-order valence-electron chi connectivity index (χ3n) is 2.56. The summed E-state index contributed by atoms with van der Waals surface area (Å²) in [5.41, 5.74) is 1.35. The molecule has 0 aliphatic carbocycles. The van der Waals surface area contributed by atoms with Crippen molar-refractivity contribution in [2.24, 2.45) is 0 Å². The van der Waals surface area contributed by atoms with Gasteiger partial charge < -0.3 is 4.90 Å². The molecule has 0 bridgehead atoms. The van der Waals surface area contributed by atoms with Crippen molar-refractivity contribution in [2.75, 3.05) is 0 Å². The highest BCUT2D eigenvalue weighted by molar-refractivity contribution is 5.20. The van der Waals surface area contributed by atoms with Crippen LogP contribution in [0.4, 0.5) is 0 Å². The van der Waals surface area contributed by atoms with Gasteiger partial charge in [0.05, 0.1) is 6.04 Å². The smallest absolute Gasteiger partial charge is 0.0551 e. The second-order valence-corrected chi connectivity index (χ2v) is 3.54. The van der Waals surface area contributed by atoms with E-state index in [0.29, 0.717) is 6.04 Å². The summed E-state index contributed by atoms with van der Waals surface area (Å²) in [6.45, 7) is 2.22. The number of benzene rings is 1. The summed E-state index contributed by atoms with van der Waals surface area (Å²) in [6, 6.07) is 11.0. The van der Waals surface area contributed by atoms with E-state index < -0.39 is 0 Å². The molecule has 1 nitrogen and oxygen atoms in total. The lowest BCUT2D eigenvalue weighted by atomic mass is 10.1. The molecule has 0 fully saturated rings. The summed E-state index contributed by atoms with van der Waals surface area (Å²) in [5, 5.41) is 0. The van der Waals surface area contributed by atoms with Crippen LogP contribution in [0, 0.1) is 0 Å². The summed E-state index contributed by atoms with van der Waals surface area (Å²) in [7, 11) is 0. The SMILES string of the molecule is CC(c1ccccc1)N1C=CCC=C1. The Bertz CT molecular complexity index is 326. The summed E-state index contributed by atoms with van der Waals surface area (Å²) >= 11 is 0. The Morgan fingerprint density at radius 2 is 1.71 bits per heavy atom. The summed E-state index contributed by atoms with van der Waals surface area (Å²) in [4.78, 5) is 2.23. The second-order valence-electron chi connectivity index (χ2n) is 3.54. The molecule has 0 aromatic heterocycles. The normalized spacial score (nSPS) is 17.1. The van der Waals surface area contributed by atoms with Crippen LogP contribution in [0.3, 0.4) is 0 Å². The highest BCUT2D eigenvalue weighted by Crippen LogP contribution is 2.22. The zero-order chi connectivity index (χ0) is 9.80. The summed E-state index contributed by atoms with van der Waals surface area (Å²) in [6.07, 6.45) is 9.71. The van der Waals surface area contributed by atoms with Crippen molar-refractivity contribution in [1.29, 1.82) is 0 Å². The molecule has 0 saturated carbocycles. The number of rotatable bonds is 2. The molecule has 1 aromatic carbocycles. The van der Waals surface area contributed by atoms with Gasteiger partial charge in [-0.25, -0.2) is 0 Å². The molecular formula is C13H15N. The van der Waals surface area contributed by atoms with Gasteiger partial charge in [-0.3, -0.25) is 0 Å². The molecule has 1 heterocycles. The van der Waals surface area contributed by atoms with Gasteiger partial charge in [0.25, 0.3) is 0 Å². The van der Waals surface area contributed by atoms with E-state index >= 15 is 0 Å². The summed E-state index contributed by atoms with van der Waals surface area (Å²) < 4.78 is 0. The van der Waals surface area contributed by atoms with Crippen LogP contribution in [-0.2, 0) is 0 Å². The van der Waals surface area contributed by atoms with E-state index in [-0.39, 0.29) is 0 Å². The van der Waals surface area contributed by atoms with E-state index in [1.807, 2.05) is 0 Å². The Morgan fingerprint density at radius 3 is 2.36 bits per heavy atom. The van der Waals surface area contributed by atoms with Crippen molar-refractivity contribution in [3.05, 3.63) is 60.4 Å². The van der Waals surface area contributed by atoms with Crippen molar-refractivity contribution in [3.8, 4) is 0 Å². The van der Waals surface area contributed by atoms with Gasteiger partial charge in [-0.15, -0.1) is 0 Å². The van der Waals surface area contributed by atoms with Gasteiger partial charge in [0, 0.05) is 12.4 Å². The Morgan fingerprint density at radius 1 is 1.07 bits per heavy atom. The molecule has 1 aliphatic rings. The van der Waals surface area contributed by atoms with Gasteiger partial charge in [0.15, 0.2) is 0 Å². The lowest BCUT2D eigenvalue weighted by molar-refractivity contribution is 0.396. The van der Waals surface area contributed by atoms with Gasteiger partial charge >= 0.3 is 0 Å². The Labute approximate surface area is 85.4 Å². The minimum atomic E-state index is 0.420. The van der Waals surface area contributed by atoms with Crippen LogP contribution >= 0.6 is 0 Å². The van der Waals surface area contributed by atoms with E-state index in [1.165, 1.54) is 5.56 Å². The first-order valence-corrected chi connectivity index (χ1v) is 5.03. The third kappa shape index (κ3) is 1.87. The van der Waals surface area contributed by atoms with E-state index in [0.717, 1.165) is 6.42 Å². The average Bonchev–Trinajstić information content (AvgIpc) is 2.30. The average molecular weight is 185 g/mol. The van der Waals surface area contributed by atoms with Gasteiger partial charge in [-0.2, -0.15) is 0 Å². The molecule has 14 heavy (non-hydrogen) atoms. The van der Waals surface area contributed by atoms with Crippen molar-refractivity contribution in [3.63, 3.8) is 0 Å². The molecular weight excluding hydrogens is 170 g/mol. The van der Waals surface area contributed by atoms with Crippen LogP contribution in [0.1, 0.15) is 24.9 Å². The van der Waals surface area contributed by atoms with Crippen molar-refractivity contribution < 1.29 is 0 Å². The fourth-order valence-electron chi connectivity index (χ4n) is 1.66. The predicted molar refractivity (Wildman–Crippen MR) is 59.6 cm³/mol. The van der Waals surface area contributed by atoms with Crippen LogP contribution in [0.25, 0.3) is 0 Å². The number of hydrogen-bond acceptors (Lipinski definition) is 1. The molecule has 0 spiro atoms. The van der Waals surface area contributed by atoms with E-state index in [1.54, 1.807) is 0 Å². The van der Waals surface area contributed by atoms with Gasteiger partial charge in [0.2, 0.25) is 0 Å². The van der Waals surface area contributed by atoms with E-state index in [4.69, 9.17) is 0 Å². The molecule has 1 aliphatic heterocycles. The molecule has 0 radical (unpaired) electrons. The quantitative estimate of drug-likeness (QED) is 0.681. The lowest BCUT2D eigenvalue weighted by Crippen LogP contribution is -2.16. The molecule has 1 heteroatoms. The maximum absolute atomic E-state index is 2.23. The molecule has 1 unspecified atom stereocenters. The monoisotopic (exact) mass is 185 g/mol. The molecule has 1 atom stereocenters. The van der Waals surface area contributed by atoms with Crippen LogP contribution in [0.2, 0.25) is 0 Å². The maximum Gasteiger partial charge on any atom is 0.0551 e. The zero-order valence-corrected chi connectivity index (χ0v) is 8.43. The summed E-state index contributed by atoms with van der Waals surface area (Å²) in [5.74, 6) is 0. The second kappa shape index (κ2) is 4.14. The third-order valence-corrected chi connectivity index (χ3v) is 2.56. The first kappa shape index (κ1) is 9.07. The number of allylic oxidation sites excluding steroid dienone is 2. The topological polar surface area (TPSA) is 3.24 Å². The van der Waals surface area contributed by atoms with Crippen molar-refractivity contribution in [1.82, 2.24) is 4.90 Å². The minimum Gasteiger partial charge on any atom is -0.348 e. The van der Waals surface area contributed by atoms with Crippen LogP contribution in [-0.4, -0.2) is 4.90 Å². The van der Waals surface area contributed by atoms with Gasteiger partial charge in [-0.05, 0) is 18.9 Å². The molecule has 0 N–H and O–H groups in total. The molecule has 0 saturated heterocycles. The predicted octanol–water partition coefficient (Wildman–Crippen LogP) is 3.48. The van der Waals surface area contributed by atoms with Crippen LogP contribution in [0.15, 0.2) is 54.9 Å². The standard InChI is InChI=1S/C13H15N/c1-12(13-8-4-2-5-9-13)14-10-6-3-7-11-14/h2,4-12H,3H2,1H3. The Balaban J connectivity index is 2.15. The number of nitrogens with zero attached hydrogens (tertiary/aromatic N) is 1.